The first-order chi connectivity index (χ1) is 10.2. The van der Waals surface area contributed by atoms with Crippen molar-refractivity contribution < 1.29 is 13.3 Å². The lowest BCUT2D eigenvalue weighted by molar-refractivity contribution is -0.387. The van der Waals surface area contributed by atoms with E-state index in [-0.39, 0.29) is 42.5 Å². The fourth-order valence-corrected chi connectivity index (χ4v) is 4.80. The second-order valence-electron chi connectivity index (χ2n) is 5.45. The predicted molar refractivity (Wildman–Crippen MR) is 90.5 cm³/mol. The Hall–Kier alpha value is -0.930. The highest BCUT2D eigenvalue weighted by Gasteiger charge is 2.36. The monoisotopic (exact) mass is 383 g/mol. The van der Waals surface area contributed by atoms with Crippen LogP contribution in [0.4, 0.5) is 5.69 Å². The Bertz CT molecular complexity index is 674. The van der Waals surface area contributed by atoms with Crippen LogP contribution in [0.1, 0.15) is 19.8 Å². The molecule has 23 heavy (non-hydrogen) atoms. The van der Waals surface area contributed by atoms with Gasteiger partial charge in [-0.15, -0.1) is 12.4 Å². The van der Waals surface area contributed by atoms with Gasteiger partial charge < -0.3 is 5.73 Å². The van der Waals surface area contributed by atoms with Gasteiger partial charge in [-0.25, -0.2) is 8.42 Å². The van der Waals surface area contributed by atoms with Gasteiger partial charge in [0.2, 0.25) is 0 Å². The molecule has 1 saturated heterocycles. The minimum Gasteiger partial charge on any atom is -0.328 e. The first kappa shape index (κ1) is 20.1. The Labute approximate surface area is 146 Å². The fraction of sp³-hybridized carbons (Fsp3) is 0.538. The van der Waals surface area contributed by atoms with Crippen molar-refractivity contribution in [2.24, 2.45) is 11.7 Å². The van der Waals surface area contributed by atoms with Crippen molar-refractivity contribution in [3.05, 3.63) is 33.3 Å². The number of nitro groups is 1. The van der Waals surface area contributed by atoms with Gasteiger partial charge in [-0.05, 0) is 31.7 Å². The van der Waals surface area contributed by atoms with E-state index in [9.17, 15) is 18.5 Å². The van der Waals surface area contributed by atoms with E-state index in [1.54, 1.807) is 0 Å². The first-order valence-corrected chi connectivity index (χ1v) is 8.75. The van der Waals surface area contributed by atoms with Gasteiger partial charge in [0.15, 0.2) is 4.90 Å². The number of hydrogen-bond acceptors (Lipinski definition) is 5. The van der Waals surface area contributed by atoms with Crippen molar-refractivity contribution >= 4 is 39.7 Å². The van der Waals surface area contributed by atoms with Crippen molar-refractivity contribution in [2.45, 2.75) is 30.7 Å². The van der Waals surface area contributed by atoms with Crippen LogP contribution in [-0.4, -0.2) is 36.8 Å². The van der Waals surface area contributed by atoms with Gasteiger partial charge >= 0.3 is 0 Å². The Morgan fingerprint density at radius 3 is 2.43 bits per heavy atom. The highest BCUT2D eigenvalue weighted by atomic mass is 35.5. The Morgan fingerprint density at radius 2 is 1.96 bits per heavy atom. The molecule has 2 N–H and O–H groups in total. The van der Waals surface area contributed by atoms with Crippen LogP contribution in [0.15, 0.2) is 23.1 Å². The molecule has 0 radical (unpaired) electrons. The minimum absolute atomic E-state index is 0. The van der Waals surface area contributed by atoms with E-state index in [0.29, 0.717) is 12.8 Å². The van der Waals surface area contributed by atoms with Gasteiger partial charge in [0.1, 0.15) is 0 Å². The summed E-state index contributed by atoms with van der Waals surface area (Å²) in [5.41, 5.74) is 5.34. The lowest BCUT2D eigenvalue weighted by Crippen LogP contribution is -2.42. The molecule has 1 fully saturated rings. The Morgan fingerprint density at radius 1 is 1.39 bits per heavy atom. The van der Waals surface area contributed by atoms with Gasteiger partial charge in [-0.1, -0.05) is 17.7 Å². The zero-order valence-electron chi connectivity index (χ0n) is 12.5. The molecule has 1 aliphatic heterocycles. The maximum absolute atomic E-state index is 12.7. The van der Waals surface area contributed by atoms with E-state index in [4.69, 9.17) is 17.3 Å². The number of nitrogens with two attached hydrogens (primary N) is 1. The number of sulfonamides is 1. The van der Waals surface area contributed by atoms with Crippen LogP contribution in [0.25, 0.3) is 0 Å². The molecule has 1 heterocycles. The maximum atomic E-state index is 12.7. The summed E-state index contributed by atoms with van der Waals surface area (Å²) in [5.74, 6) is 0.257. The van der Waals surface area contributed by atoms with Gasteiger partial charge in [0.25, 0.3) is 15.7 Å². The average Bonchev–Trinajstić information content (AvgIpc) is 2.46. The van der Waals surface area contributed by atoms with Crippen molar-refractivity contribution in [2.75, 3.05) is 13.1 Å². The predicted octanol–water partition coefficient (Wildman–Crippen LogP) is 2.42. The SMILES string of the molecule is CC(N)C1CCN(S(=O)(=O)c2c(Cl)cccc2[N+](=O)[O-])CC1.Cl. The summed E-state index contributed by atoms with van der Waals surface area (Å²) in [6, 6.07) is 3.85. The largest absolute Gasteiger partial charge is 0.328 e. The van der Waals surface area contributed by atoms with Crippen molar-refractivity contribution in [1.82, 2.24) is 4.31 Å². The normalized spacial score (nSPS) is 18.2. The van der Waals surface area contributed by atoms with E-state index >= 15 is 0 Å². The molecule has 0 aliphatic carbocycles. The molecule has 7 nitrogen and oxygen atoms in total. The number of nitrogens with zero attached hydrogens (tertiary/aromatic N) is 2. The summed E-state index contributed by atoms with van der Waals surface area (Å²) >= 11 is 5.93. The number of rotatable bonds is 4. The Balaban J connectivity index is 0.00000264. The van der Waals surface area contributed by atoms with Gasteiger partial charge in [0, 0.05) is 25.2 Å². The van der Waals surface area contributed by atoms with E-state index in [1.165, 1.54) is 16.4 Å². The number of hydrogen-bond donors (Lipinski definition) is 1. The van der Waals surface area contributed by atoms with Crippen LogP contribution < -0.4 is 5.73 Å². The molecule has 10 heteroatoms. The molecule has 1 aliphatic rings. The average molecular weight is 384 g/mol. The van der Waals surface area contributed by atoms with Crippen molar-refractivity contribution in [3.63, 3.8) is 0 Å². The van der Waals surface area contributed by atoms with Crippen LogP contribution >= 0.6 is 24.0 Å². The number of piperidine rings is 1. The number of benzene rings is 1. The van der Waals surface area contributed by atoms with Crippen LogP contribution in [0.2, 0.25) is 5.02 Å². The Kier molecular flexibility index (Phi) is 6.79. The summed E-state index contributed by atoms with van der Waals surface area (Å²) in [6.45, 7) is 2.47. The second kappa shape index (κ2) is 7.76. The number of nitro benzene ring substituents is 1. The zero-order valence-corrected chi connectivity index (χ0v) is 14.9. The van der Waals surface area contributed by atoms with E-state index < -0.39 is 25.5 Å². The third-order valence-corrected chi connectivity index (χ3v) is 6.40. The van der Waals surface area contributed by atoms with E-state index in [2.05, 4.69) is 0 Å². The maximum Gasteiger partial charge on any atom is 0.290 e. The summed E-state index contributed by atoms with van der Waals surface area (Å²) in [4.78, 5) is 9.93. The zero-order chi connectivity index (χ0) is 16.5. The van der Waals surface area contributed by atoms with Crippen LogP contribution in [0, 0.1) is 16.0 Å². The van der Waals surface area contributed by atoms with E-state index in [0.717, 1.165) is 6.07 Å². The molecule has 1 aromatic rings. The van der Waals surface area contributed by atoms with Crippen molar-refractivity contribution in [1.29, 1.82) is 0 Å². The van der Waals surface area contributed by atoms with Crippen molar-refractivity contribution in [3.8, 4) is 0 Å². The molecular formula is C13H19Cl2N3O4S. The quantitative estimate of drug-likeness (QED) is 0.634. The summed E-state index contributed by atoms with van der Waals surface area (Å²) < 4.78 is 26.7. The molecule has 0 spiro atoms. The third kappa shape index (κ3) is 4.13. The second-order valence-corrected chi connectivity index (χ2v) is 7.73. The standard InChI is InChI=1S/C13H18ClN3O4S.ClH/c1-9(15)10-5-7-16(8-6-10)22(20,21)13-11(14)3-2-4-12(13)17(18)19;/h2-4,9-10H,5-8,15H2,1H3;1H. The van der Waals surface area contributed by atoms with Crippen LogP contribution in [0.5, 0.6) is 0 Å². The van der Waals surface area contributed by atoms with E-state index in [1.807, 2.05) is 6.92 Å². The fourth-order valence-electron chi connectivity index (χ4n) is 2.67. The first-order valence-electron chi connectivity index (χ1n) is 6.93. The molecule has 0 aromatic heterocycles. The molecule has 0 amide bonds. The molecule has 0 saturated carbocycles. The summed E-state index contributed by atoms with van der Waals surface area (Å²) in [6.07, 6.45) is 1.27. The molecule has 1 atom stereocenters. The molecule has 1 aromatic carbocycles. The third-order valence-electron chi connectivity index (χ3n) is 3.98. The smallest absolute Gasteiger partial charge is 0.290 e. The lowest BCUT2D eigenvalue weighted by atomic mass is 9.92. The van der Waals surface area contributed by atoms with Gasteiger partial charge in [-0.2, -0.15) is 4.31 Å². The van der Waals surface area contributed by atoms with Gasteiger partial charge in [-0.3, -0.25) is 10.1 Å². The lowest BCUT2D eigenvalue weighted by Gasteiger charge is -2.32. The topological polar surface area (TPSA) is 107 Å². The molecule has 1 unspecified atom stereocenters. The molecule has 2 rings (SSSR count). The summed E-state index contributed by atoms with van der Waals surface area (Å²) in [7, 11) is -4.00. The molecule has 130 valence electrons. The molecule has 0 bridgehead atoms. The van der Waals surface area contributed by atoms with Crippen LogP contribution in [-0.2, 0) is 10.0 Å². The minimum atomic E-state index is -4.00. The number of halogens is 2. The van der Waals surface area contributed by atoms with Gasteiger partial charge in [0.05, 0.1) is 9.95 Å². The highest BCUT2D eigenvalue weighted by Crippen LogP contribution is 2.34. The highest BCUT2D eigenvalue weighted by molar-refractivity contribution is 7.89. The van der Waals surface area contributed by atoms with Crippen LogP contribution in [0.3, 0.4) is 0 Å². The summed E-state index contributed by atoms with van der Waals surface area (Å²) in [5, 5.41) is 11.0. The molecular weight excluding hydrogens is 365 g/mol.